The van der Waals surface area contributed by atoms with Crippen molar-refractivity contribution in [1.82, 2.24) is 15.5 Å². The van der Waals surface area contributed by atoms with Crippen molar-refractivity contribution in [3.05, 3.63) is 30.1 Å². The van der Waals surface area contributed by atoms with Crippen molar-refractivity contribution in [2.75, 3.05) is 38.5 Å². The largest absolute Gasteiger partial charge is 0.357 e. The molecule has 1 aromatic carbocycles. The first-order chi connectivity index (χ1) is 13.3. The van der Waals surface area contributed by atoms with Crippen LogP contribution in [0, 0.1) is 5.82 Å². The van der Waals surface area contributed by atoms with E-state index in [1.807, 2.05) is 6.92 Å². The van der Waals surface area contributed by atoms with E-state index in [0.29, 0.717) is 38.4 Å². The lowest BCUT2D eigenvalue weighted by molar-refractivity contribution is 0.0744. The molecule has 158 valence electrons. The molecule has 2 rings (SSSR count). The number of hydrogen-bond acceptors (Lipinski definition) is 4. The fraction of sp³-hybridized carbons (Fsp3) is 0.611. The van der Waals surface area contributed by atoms with Crippen LogP contribution >= 0.6 is 0 Å². The number of alkyl halides is 2. The van der Waals surface area contributed by atoms with Crippen LogP contribution in [0.4, 0.5) is 13.2 Å². The molecule has 0 saturated carbocycles. The molecular formula is C18H27F3N4O2S. The number of benzene rings is 1. The van der Waals surface area contributed by atoms with E-state index in [-0.39, 0.29) is 29.8 Å². The fourth-order valence-corrected chi connectivity index (χ4v) is 4.26. The quantitative estimate of drug-likeness (QED) is 0.496. The fourth-order valence-electron chi connectivity index (χ4n) is 3.05. The Hall–Kier alpha value is -1.81. The molecule has 2 N–H and O–H groups in total. The van der Waals surface area contributed by atoms with Crippen molar-refractivity contribution < 1.29 is 21.6 Å². The van der Waals surface area contributed by atoms with E-state index in [1.165, 1.54) is 18.2 Å². The Kier molecular flexibility index (Phi) is 8.56. The van der Waals surface area contributed by atoms with Gasteiger partial charge in [-0.15, -0.1) is 0 Å². The van der Waals surface area contributed by atoms with E-state index in [2.05, 4.69) is 15.6 Å². The highest BCUT2D eigenvalue weighted by Gasteiger charge is 2.22. The molecule has 0 radical (unpaired) electrons. The first-order valence-electron chi connectivity index (χ1n) is 9.34. The maximum atomic E-state index is 13.7. The number of hydrogen-bond donors (Lipinski definition) is 2. The third-order valence-electron chi connectivity index (χ3n) is 4.47. The van der Waals surface area contributed by atoms with E-state index in [9.17, 15) is 21.6 Å². The van der Waals surface area contributed by atoms with Crippen molar-refractivity contribution in [2.45, 2.75) is 37.1 Å². The molecule has 1 aliphatic rings. The van der Waals surface area contributed by atoms with Gasteiger partial charge in [0, 0.05) is 25.7 Å². The van der Waals surface area contributed by atoms with E-state index >= 15 is 0 Å². The summed E-state index contributed by atoms with van der Waals surface area (Å²) in [7, 11) is -3.77. The second-order valence-corrected chi connectivity index (χ2v) is 8.70. The molecule has 0 unspecified atom stereocenters. The summed E-state index contributed by atoms with van der Waals surface area (Å²) in [4.78, 5) is 5.68. The molecule has 1 aromatic rings. The lowest BCUT2D eigenvalue weighted by atomic mass is 10.1. The minimum Gasteiger partial charge on any atom is -0.357 e. The molecule has 0 aliphatic carbocycles. The predicted molar refractivity (Wildman–Crippen MR) is 103 cm³/mol. The van der Waals surface area contributed by atoms with Gasteiger partial charge in [-0.25, -0.2) is 21.6 Å². The molecule has 1 fully saturated rings. The lowest BCUT2D eigenvalue weighted by Crippen LogP contribution is -2.49. The van der Waals surface area contributed by atoms with Crippen molar-refractivity contribution in [3.63, 3.8) is 0 Å². The monoisotopic (exact) mass is 420 g/mol. The molecule has 0 amide bonds. The number of halogens is 3. The van der Waals surface area contributed by atoms with Crippen LogP contribution in [0.1, 0.15) is 19.8 Å². The van der Waals surface area contributed by atoms with Crippen LogP contribution in [0.25, 0.3) is 0 Å². The maximum Gasteiger partial charge on any atom is 0.251 e. The Morgan fingerprint density at radius 3 is 2.57 bits per heavy atom. The van der Waals surface area contributed by atoms with E-state index in [1.54, 1.807) is 4.90 Å². The highest BCUT2D eigenvalue weighted by Crippen LogP contribution is 2.15. The van der Waals surface area contributed by atoms with Gasteiger partial charge in [-0.1, -0.05) is 12.1 Å². The molecule has 1 aliphatic heterocycles. The Balaban J connectivity index is 1.90. The molecule has 0 aromatic heterocycles. The van der Waals surface area contributed by atoms with Gasteiger partial charge in [-0.2, -0.15) is 0 Å². The minimum absolute atomic E-state index is 0.0176. The number of piperidine rings is 1. The SMILES string of the molecule is CCNC(=NCCS(=O)(=O)c1ccccc1F)NC1CCN(CC(F)F)CC1. The first kappa shape index (κ1) is 22.5. The maximum absolute atomic E-state index is 13.7. The van der Waals surface area contributed by atoms with Crippen LogP contribution < -0.4 is 10.6 Å². The minimum atomic E-state index is -3.77. The van der Waals surface area contributed by atoms with Gasteiger partial charge in [0.2, 0.25) is 0 Å². The zero-order valence-corrected chi connectivity index (χ0v) is 16.7. The standard InChI is InChI=1S/C18H27F3N4O2S/c1-2-22-18(24-14-7-10-25(11-8-14)13-17(20)21)23-9-12-28(26,27)16-6-4-3-5-15(16)19/h3-6,14,17H,2,7-13H2,1H3,(H2,22,23,24). The molecule has 0 spiro atoms. The van der Waals surface area contributed by atoms with Crippen LogP contribution in [-0.4, -0.2) is 70.2 Å². The van der Waals surface area contributed by atoms with Crippen LogP contribution in [0.5, 0.6) is 0 Å². The summed E-state index contributed by atoms with van der Waals surface area (Å²) in [6.07, 6.45) is -0.935. The van der Waals surface area contributed by atoms with E-state index in [4.69, 9.17) is 0 Å². The molecule has 6 nitrogen and oxygen atoms in total. The summed E-state index contributed by atoms with van der Waals surface area (Å²) in [6, 6.07) is 5.35. The normalized spacial score (nSPS) is 17.1. The highest BCUT2D eigenvalue weighted by molar-refractivity contribution is 7.91. The number of sulfone groups is 1. The van der Waals surface area contributed by atoms with Gasteiger partial charge >= 0.3 is 0 Å². The summed E-state index contributed by atoms with van der Waals surface area (Å²) in [6.45, 7) is 3.39. The number of aliphatic imine (C=N–C) groups is 1. The predicted octanol–water partition coefficient (Wildman–Crippen LogP) is 1.88. The van der Waals surface area contributed by atoms with Crippen molar-refractivity contribution in [3.8, 4) is 0 Å². The number of nitrogens with zero attached hydrogens (tertiary/aromatic N) is 2. The van der Waals surface area contributed by atoms with Gasteiger partial charge < -0.3 is 10.6 Å². The van der Waals surface area contributed by atoms with Gasteiger partial charge in [0.15, 0.2) is 15.8 Å². The smallest absolute Gasteiger partial charge is 0.251 e. The second kappa shape index (κ2) is 10.7. The molecule has 28 heavy (non-hydrogen) atoms. The highest BCUT2D eigenvalue weighted by atomic mass is 32.2. The topological polar surface area (TPSA) is 73.8 Å². The lowest BCUT2D eigenvalue weighted by Gasteiger charge is -2.32. The summed E-state index contributed by atoms with van der Waals surface area (Å²) in [5, 5.41) is 6.27. The van der Waals surface area contributed by atoms with Gasteiger partial charge in [0.25, 0.3) is 6.43 Å². The zero-order valence-electron chi connectivity index (χ0n) is 15.9. The number of rotatable bonds is 8. The average Bonchev–Trinajstić information content (AvgIpc) is 2.63. The number of nitrogens with one attached hydrogen (secondary N) is 2. The number of guanidine groups is 1. The first-order valence-corrected chi connectivity index (χ1v) is 11.0. The Morgan fingerprint density at radius 2 is 1.96 bits per heavy atom. The molecular weight excluding hydrogens is 393 g/mol. The van der Waals surface area contributed by atoms with Crippen molar-refractivity contribution in [2.24, 2.45) is 4.99 Å². The van der Waals surface area contributed by atoms with Crippen molar-refractivity contribution in [1.29, 1.82) is 0 Å². The van der Waals surface area contributed by atoms with E-state index in [0.717, 1.165) is 6.07 Å². The average molecular weight is 421 g/mol. The zero-order chi connectivity index (χ0) is 20.6. The molecule has 0 atom stereocenters. The molecule has 1 heterocycles. The molecule has 0 bridgehead atoms. The van der Waals surface area contributed by atoms with Crippen LogP contribution in [0.15, 0.2) is 34.2 Å². The van der Waals surface area contributed by atoms with E-state index < -0.39 is 22.1 Å². The van der Waals surface area contributed by atoms with Crippen molar-refractivity contribution >= 4 is 15.8 Å². The van der Waals surface area contributed by atoms with Crippen LogP contribution in [0.3, 0.4) is 0 Å². The van der Waals surface area contributed by atoms with Crippen LogP contribution in [0.2, 0.25) is 0 Å². The molecule has 1 saturated heterocycles. The Labute approximate surface area is 164 Å². The summed E-state index contributed by atoms with van der Waals surface area (Å²) < 4.78 is 63.2. The Bertz CT molecular complexity index is 751. The summed E-state index contributed by atoms with van der Waals surface area (Å²) in [5.41, 5.74) is 0. The van der Waals surface area contributed by atoms with Crippen LogP contribution in [-0.2, 0) is 9.84 Å². The third-order valence-corrected chi connectivity index (χ3v) is 6.19. The van der Waals surface area contributed by atoms with Gasteiger partial charge in [0.05, 0.1) is 18.8 Å². The third kappa shape index (κ3) is 6.97. The Morgan fingerprint density at radius 1 is 1.29 bits per heavy atom. The second-order valence-electron chi connectivity index (χ2n) is 6.62. The summed E-state index contributed by atoms with van der Waals surface area (Å²) >= 11 is 0. The van der Waals surface area contributed by atoms with Gasteiger partial charge in [0.1, 0.15) is 10.7 Å². The van der Waals surface area contributed by atoms with Gasteiger partial charge in [-0.05, 0) is 31.9 Å². The number of likely N-dealkylation sites (tertiary alicyclic amines) is 1. The summed E-state index contributed by atoms with van der Waals surface area (Å²) in [5.74, 6) is -0.609. The molecule has 10 heteroatoms. The van der Waals surface area contributed by atoms with Gasteiger partial charge in [-0.3, -0.25) is 9.89 Å².